The average molecular weight is 286 g/mol. The Morgan fingerprint density at radius 2 is 2.32 bits per heavy atom. The number of amides is 1. The second kappa shape index (κ2) is 7.40. The van der Waals surface area contributed by atoms with E-state index in [2.05, 4.69) is 10.4 Å². The van der Waals surface area contributed by atoms with Crippen molar-refractivity contribution in [3.05, 3.63) is 17.5 Å². The van der Waals surface area contributed by atoms with Gasteiger partial charge in [-0.1, -0.05) is 0 Å². The molecule has 19 heavy (non-hydrogen) atoms. The molecule has 6 nitrogen and oxygen atoms in total. The van der Waals surface area contributed by atoms with E-state index in [0.29, 0.717) is 24.4 Å². The molecule has 0 saturated carbocycles. The molecule has 2 unspecified atom stereocenters. The van der Waals surface area contributed by atoms with Crippen molar-refractivity contribution in [3.8, 4) is 0 Å². The Labute approximate surface area is 116 Å². The van der Waals surface area contributed by atoms with Crippen LogP contribution in [0.15, 0.2) is 6.20 Å². The Kier molecular flexibility index (Phi) is 6.17. The Morgan fingerprint density at radius 3 is 2.89 bits per heavy atom. The van der Waals surface area contributed by atoms with Gasteiger partial charge in [-0.05, 0) is 26.8 Å². The van der Waals surface area contributed by atoms with E-state index in [-0.39, 0.29) is 11.9 Å². The predicted octanol–water partition coefficient (Wildman–Crippen LogP) is 0.0371. The van der Waals surface area contributed by atoms with Crippen LogP contribution in [0, 0.1) is 6.92 Å². The van der Waals surface area contributed by atoms with Crippen molar-refractivity contribution in [3.63, 3.8) is 0 Å². The highest BCUT2D eigenvalue weighted by Crippen LogP contribution is 2.08. The Balaban J connectivity index is 2.67. The summed E-state index contributed by atoms with van der Waals surface area (Å²) < 4.78 is 12.9. The van der Waals surface area contributed by atoms with E-state index < -0.39 is 10.8 Å². The summed E-state index contributed by atoms with van der Waals surface area (Å²) in [5, 5.41) is 7.01. The fourth-order valence-electron chi connectivity index (χ4n) is 1.83. The van der Waals surface area contributed by atoms with Gasteiger partial charge in [0.15, 0.2) is 0 Å². The van der Waals surface area contributed by atoms with E-state index in [4.69, 9.17) is 5.73 Å². The van der Waals surface area contributed by atoms with Crippen LogP contribution in [-0.2, 0) is 17.3 Å². The minimum Gasteiger partial charge on any atom is -0.349 e. The average Bonchev–Trinajstić information content (AvgIpc) is 2.66. The highest BCUT2D eigenvalue weighted by Gasteiger charge is 2.16. The summed E-state index contributed by atoms with van der Waals surface area (Å²) in [5.74, 6) is 0.279. The number of nitrogens with two attached hydrogens (primary N) is 1. The van der Waals surface area contributed by atoms with Crippen LogP contribution in [0.1, 0.15) is 29.4 Å². The maximum absolute atomic E-state index is 12.1. The molecule has 0 aliphatic carbocycles. The first kappa shape index (κ1) is 15.8. The number of hydrogen-bond acceptors (Lipinski definition) is 4. The predicted molar refractivity (Wildman–Crippen MR) is 76.5 cm³/mol. The Morgan fingerprint density at radius 1 is 1.63 bits per heavy atom. The lowest BCUT2D eigenvalue weighted by molar-refractivity contribution is 0.0943. The molecule has 0 aromatic carbocycles. The first-order valence-electron chi connectivity index (χ1n) is 6.29. The molecule has 0 spiro atoms. The van der Waals surface area contributed by atoms with Gasteiger partial charge >= 0.3 is 0 Å². The van der Waals surface area contributed by atoms with Crippen LogP contribution in [0.25, 0.3) is 0 Å². The molecule has 0 aliphatic heterocycles. The van der Waals surface area contributed by atoms with Crippen LogP contribution in [0.2, 0.25) is 0 Å². The molecule has 3 N–H and O–H groups in total. The van der Waals surface area contributed by atoms with Gasteiger partial charge in [-0.25, -0.2) is 0 Å². The minimum atomic E-state index is -0.922. The lowest BCUT2D eigenvalue weighted by atomic mass is 10.2. The molecule has 2 atom stereocenters. The zero-order valence-electron chi connectivity index (χ0n) is 11.7. The highest BCUT2D eigenvalue weighted by atomic mass is 32.2. The summed E-state index contributed by atoms with van der Waals surface area (Å²) in [6.45, 7) is 5.01. The molecule has 0 fully saturated rings. The van der Waals surface area contributed by atoms with Crippen LogP contribution in [0.5, 0.6) is 0 Å². The molecule has 0 aliphatic rings. The standard InChI is InChI=1S/C12H22N4O2S/c1-9(8-19(3)18)15-12(17)11-7-14-16(10(11)2)6-4-5-13/h7,9H,4-6,8,13H2,1-3H3,(H,15,17). The monoisotopic (exact) mass is 286 g/mol. The molecule has 1 rings (SSSR count). The van der Waals surface area contributed by atoms with Crippen LogP contribution in [-0.4, -0.2) is 44.5 Å². The molecular weight excluding hydrogens is 264 g/mol. The van der Waals surface area contributed by atoms with Gasteiger partial charge in [-0.3, -0.25) is 13.7 Å². The number of carbonyl (C=O) groups is 1. The second-order valence-electron chi connectivity index (χ2n) is 4.62. The molecule has 1 amide bonds. The van der Waals surface area contributed by atoms with E-state index in [1.165, 1.54) is 0 Å². The second-order valence-corrected chi connectivity index (χ2v) is 6.10. The molecule has 0 radical (unpaired) electrons. The van der Waals surface area contributed by atoms with Crippen molar-refractivity contribution >= 4 is 16.7 Å². The third-order valence-corrected chi connectivity index (χ3v) is 3.75. The van der Waals surface area contributed by atoms with Crippen LogP contribution < -0.4 is 11.1 Å². The van der Waals surface area contributed by atoms with E-state index >= 15 is 0 Å². The number of aromatic nitrogens is 2. The number of hydrogen-bond donors (Lipinski definition) is 2. The number of nitrogens with one attached hydrogen (secondary N) is 1. The number of nitrogens with zero attached hydrogens (tertiary/aromatic N) is 2. The Hall–Kier alpha value is -1.21. The van der Waals surface area contributed by atoms with Gasteiger partial charge in [0, 0.05) is 41.1 Å². The van der Waals surface area contributed by atoms with Crippen molar-refractivity contribution in [2.45, 2.75) is 32.9 Å². The van der Waals surface area contributed by atoms with E-state index in [1.54, 1.807) is 17.1 Å². The van der Waals surface area contributed by atoms with Crippen molar-refractivity contribution in [1.82, 2.24) is 15.1 Å². The van der Waals surface area contributed by atoms with Crippen LogP contribution in [0.3, 0.4) is 0 Å². The molecule has 1 heterocycles. The third-order valence-electron chi connectivity index (χ3n) is 2.78. The van der Waals surface area contributed by atoms with E-state index in [0.717, 1.165) is 12.1 Å². The van der Waals surface area contributed by atoms with E-state index in [1.807, 2.05) is 13.8 Å². The van der Waals surface area contributed by atoms with Crippen molar-refractivity contribution < 1.29 is 9.00 Å². The minimum absolute atomic E-state index is 0.120. The molecule has 1 aromatic heterocycles. The summed E-state index contributed by atoms with van der Waals surface area (Å²) in [5.41, 5.74) is 6.85. The van der Waals surface area contributed by atoms with Gasteiger partial charge in [0.2, 0.25) is 0 Å². The fraction of sp³-hybridized carbons (Fsp3) is 0.667. The first-order chi connectivity index (χ1) is 8.95. The first-order valence-corrected chi connectivity index (χ1v) is 8.01. The van der Waals surface area contributed by atoms with Crippen LogP contribution in [0.4, 0.5) is 0 Å². The van der Waals surface area contributed by atoms with E-state index in [9.17, 15) is 9.00 Å². The normalized spacial score (nSPS) is 14.1. The number of aryl methyl sites for hydroxylation is 1. The van der Waals surface area contributed by atoms with Gasteiger partial charge in [-0.15, -0.1) is 0 Å². The number of carbonyl (C=O) groups excluding carboxylic acids is 1. The quantitative estimate of drug-likeness (QED) is 0.740. The SMILES string of the molecule is Cc1c(C(=O)NC(C)CS(C)=O)cnn1CCCN. The topological polar surface area (TPSA) is 90.0 Å². The molecule has 7 heteroatoms. The van der Waals surface area contributed by atoms with Crippen molar-refractivity contribution in [2.24, 2.45) is 5.73 Å². The molecule has 108 valence electrons. The summed E-state index contributed by atoms with van der Waals surface area (Å²) in [7, 11) is -0.922. The summed E-state index contributed by atoms with van der Waals surface area (Å²) in [6.07, 6.45) is 4.02. The summed E-state index contributed by atoms with van der Waals surface area (Å²) in [4.78, 5) is 12.1. The molecule has 1 aromatic rings. The highest BCUT2D eigenvalue weighted by molar-refractivity contribution is 7.84. The van der Waals surface area contributed by atoms with Gasteiger partial charge in [0.25, 0.3) is 5.91 Å². The zero-order chi connectivity index (χ0) is 14.4. The molecular formula is C12H22N4O2S. The summed E-state index contributed by atoms with van der Waals surface area (Å²) >= 11 is 0. The molecule has 0 saturated heterocycles. The molecule has 0 bridgehead atoms. The maximum Gasteiger partial charge on any atom is 0.254 e. The lowest BCUT2D eigenvalue weighted by Gasteiger charge is -2.12. The van der Waals surface area contributed by atoms with Gasteiger partial charge in [0.05, 0.1) is 11.8 Å². The van der Waals surface area contributed by atoms with Crippen LogP contribution >= 0.6 is 0 Å². The summed E-state index contributed by atoms with van der Waals surface area (Å²) in [6, 6.07) is -0.120. The smallest absolute Gasteiger partial charge is 0.254 e. The largest absolute Gasteiger partial charge is 0.349 e. The number of rotatable bonds is 7. The zero-order valence-corrected chi connectivity index (χ0v) is 12.5. The van der Waals surface area contributed by atoms with Gasteiger partial charge < -0.3 is 11.1 Å². The van der Waals surface area contributed by atoms with Crippen molar-refractivity contribution in [2.75, 3.05) is 18.6 Å². The third kappa shape index (κ3) is 4.76. The fourth-order valence-corrected chi connectivity index (χ4v) is 2.62. The van der Waals surface area contributed by atoms with Gasteiger partial charge in [0.1, 0.15) is 0 Å². The lowest BCUT2D eigenvalue weighted by Crippen LogP contribution is -2.36. The Bertz CT molecular complexity index is 459. The van der Waals surface area contributed by atoms with Gasteiger partial charge in [-0.2, -0.15) is 5.10 Å². The van der Waals surface area contributed by atoms with Crippen molar-refractivity contribution in [1.29, 1.82) is 0 Å². The maximum atomic E-state index is 12.1.